The number of pyridine rings is 1. The molecular weight excluding hydrogens is 394 g/mol. The fraction of sp³-hybridized carbons (Fsp3) is 0.304. The topological polar surface area (TPSA) is 80.7 Å². The zero-order valence-corrected chi connectivity index (χ0v) is 17.5. The van der Waals surface area contributed by atoms with E-state index in [1.165, 1.54) is 0 Å². The Morgan fingerprint density at radius 3 is 2.45 bits per heavy atom. The third-order valence-corrected chi connectivity index (χ3v) is 5.07. The van der Waals surface area contributed by atoms with Gasteiger partial charge >= 0.3 is 0 Å². The van der Waals surface area contributed by atoms with Gasteiger partial charge in [0.25, 0.3) is 5.91 Å². The molecule has 8 nitrogen and oxygen atoms in total. The first kappa shape index (κ1) is 20.6. The number of piperazine rings is 1. The molecule has 1 saturated heterocycles. The van der Waals surface area contributed by atoms with Crippen LogP contribution in [0.2, 0.25) is 0 Å². The first-order valence-electron chi connectivity index (χ1n) is 10.3. The van der Waals surface area contributed by atoms with Crippen LogP contribution in [0.15, 0.2) is 61.3 Å². The summed E-state index contributed by atoms with van der Waals surface area (Å²) in [4.78, 5) is 29.5. The molecule has 0 N–H and O–H groups in total. The number of aromatic nitrogens is 3. The molecular formula is C23H25N5O3. The molecule has 8 heteroatoms. The average molecular weight is 419 g/mol. The molecule has 1 aromatic carbocycles. The average Bonchev–Trinajstić information content (AvgIpc) is 2.84. The smallest absolute Gasteiger partial charge is 0.254 e. The SMILES string of the molecule is CCOc1cc(C(=O)N2CCN(c3cnccn3)CC2)ccc1OCc1ccncc1. The molecule has 0 bridgehead atoms. The van der Waals surface area contributed by atoms with Gasteiger partial charge in [-0.25, -0.2) is 4.98 Å². The minimum absolute atomic E-state index is 0.0135. The summed E-state index contributed by atoms with van der Waals surface area (Å²) in [6, 6.07) is 9.16. The monoisotopic (exact) mass is 419 g/mol. The number of anilines is 1. The van der Waals surface area contributed by atoms with Crippen molar-refractivity contribution in [2.75, 3.05) is 37.7 Å². The molecule has 3 aromatic rings. The van der Waals surface area contributed by atoms with Gasteiger partial charge in [-0.1, -0.05) is 0 Å². The van der Waals surface area contributed by atoms with Crippen LogP contribution < -0.4 is 14.4 Å². The van der Waals surface area contributed by atoms with Crippen LogP contribution in [0.5, 0.6) is 11.5 Å². The van der Waals surface area contributed by atoms with E-state index in [-0.39, 0.29) is 5.91 Å². The number of carbonyl (C=O) groups excluding carboxylic acids is 1. The van der Waals surface area contributed by atoms with E-state index in [1.807, 2.05) is 24.0 Å². The highest BCUT2D eigenvalue weighted by molar-refractivity contribution is 5.95. The van der Waals surface area contributed by atoms with Gasteiger partial charge in [0.15, 0.2) is 11.5 Å². The van der Waals surface area contributed by atoms with Crippen LogP contribution >= 0.6 is 0 Å². The molecule has 1 amide bonds. The van der Waals surface area contributed by atoms with Crippen molar-refractivity contribution in [1.82, 2.24) is 19.9 Å². The van der Waals surface area contributed by atoms with Gasteiger partial charge in [0, 0.05) is 56.5 Å². The van der Waals surface area contributed by atoms with Crippen LogP contribution in [-0.4, -0.2) is 58.5 Å². The summed E-state index contributed by atoms with van der Waals surface area (Å²) in [6.45, 7) is 5.48. The van der Waals surface area contributed by atoms with Crippen molar-refractivity contribution >= 4 is 11.7 Å². The van der Waals surface area contributed by atoms with Gasteiger partial charge < -0.3 is 19.3 Å². The summed E-state index contributed by atoms with van der Waals surface area (Å²) in [6.07, 6.45) is 8.54. The van der Waals surface area contributed by atoms with Gasteiger partial charge in [-0.15, -0.1) is 0 Å². The Bertz CT molecular complexity index is 993. The second-order valence-electron chi connectivity index (χ2n) is 7.08. The second kappa shape index (κ2) is 9.88. The van der Waals surface area contributed by atoms with Crippen molar-refractivity contribution in [2.45, 2.75) is 13.5 Å². The van der Waals surface area contributed by atoms with Crippen LogP contribution in [0.1, 0.15) is 22.8 Å². The van der Waals surface area contributed by atoms with Crippen molar-refractivity contribution in [2.24, 2.45) is 0 Å². The first-order valence-corrected chi connectivity index (χ1v) is 10.3. The predicted molar refractivity (Wildman–Crippen MR) is 116 cm³/mol. The number of benzene rings is 1. The van der Waals surface area contributed by atoms with Crippen molar-refractivity contribution in [1.29, 1.82) is 0 Å². The van der Waals surface area contributed by atoms with Crippen molar-refractivity contribution in [3.63, 3.8) is 0 Å². The molecule has 0 unspecified atom stereocenters. The van der Waals surface area contributed by atoms with E-state index in [2.05, 4.69) is 19.9 Å². The van der Waals surface area contributed by atoms with E-state index >= 15 is 0 Å². The zero-order valence-electron chi connectivity index (χ0n) is 17.5. The standard InChI is InChI=1S/C23H25N5O3/c1-2-30-21-15-19(3-4-20(21)31-17-18-5-7-24-8-6-18)23(29)28-13-11-27(12-14-28)22-16-25-9-10-26-22/h3-10,15-16H,2,11-14,17H2,1H3. The maximum atomic E-state index is 13.1. The van der Waals surface area contributed by atoms with Gasteiger partial charge in [0.2, 0.25) is 0 Å². The van der Waals surface area contributed by atoms with Crippen LogP contribution in [0, 0.1) is 0 Å². The Kier molecular flexibility index (Phi) is 6.56. The maximum Gasteiger partial charge on any atom is 0.254 e. The lowest BCUT2D eigenvalue weighted by Crippen LogP contribution is -2.49. The first-order chi connectivity index (χ1) is 15.2. The van der Waals surface area contributed by atoms with Crippen molar-refractivity contribution < 1.29 is 14.3 Å². The third kappa shape index (κ3) is 5.09. The van der Waals surface area contributed by atoms with Crippen molar-refractivity contribution in [3.05, 3.63) is 72.4 Å². The predicted octanol–water partition coefficient (Wildman–Crippen LogP) is 2.81. The normalized spacial score (nSPS) is 13.7. The minimum atomic E-state index is -0.0135. The fourth-order valence-electron chi connectivity index (χ4n) is 3.44. The van der Waals surface area contributed by atoms with E-state index < -0.39 is 0 Å². The summed E-state index contributed by atoms with van der Waals surface area (Å²) in [5.74, 6) is 2.01. The summed E-state index contributed by atoms with van der Waals surface area (Å²) in [5.41, 5.74) is 1.60. The number of amides is 1. The summed E-state index contributed by atoms with van der Waals surface area (Å²) in [5, 5.41) is 0. The Balaban J connectivity index is 1.41. The molecule has 31 heavy (non-hydrogen) atoms. The Morgan fingerprint density at radius 1 is 0.935 bits per heavy atom. The van der Waals surface area contributed by atoms with E-state index in [0.29, 0.717) is 43.4 Å². The maximum absolute atomic E-state index is 13.1. The highest BCUT2D eigenvalue weighted by atomic mass is 16.5. The lowest BCUT2D eigenvalue weighted by atomic mass is 10.1. The molecule has 3 heterocycles. The number of hydrogen-bond acceptors (Lipinski definition) is 7. The lowest BCUT2D eigenvalue weighted by Gasteiger charge is -2.35. The molecule has 1 aliphatic rings. The van der Waals surface area contributed by atoms with Gasteiger partial charge in [-0.3, -0.25) is 14.8 Å². The zero-order chi connectivity index (χ0) is 21.5. The fourth-order valence-corrected chi connectivity index (χ4v) is 3.44. The highest BCUT2D eigenvalue weighted by Crippen LogP contribution is 2.30. The quantitative estimate of drug-likeness (QED) is 0.582. The summed E-state index contributed by atoms with van der Waals surface area (Å²) < 4.78 is 11.7. The molecule has 0 radical (unpaired) electrons. The molecule has 1 aliphatic heterocycles. The van der Waals surface area contributed by atoms with E-state index in [1.54, 1.807) is 49.2 Å². The van der Waals surface area contributed by atoms with Crippen LogP contribution in [0.3, 0.4) is 0 Å². The van der Waals surface area contributed by atoms with Gasteiger partial charge in [-0.2, -0.15) is 0 Å². The lowest BCUT2D eigenvalue weighted by molar-refractivity contribution is 0.0746. The second-order valence-corrected chi connectivity index (χ2v) is 7.08. The van der Waals surface area contributed by atoms with Crippen molar-refractivity contribution in [3.8, 4) is 11.5 Å². The molecule has 4 rings (SSSR count). The number of hydrogen-bond donors (Lipinski definition) is 0. The van der Waals surface area contributed by atoms with Gasteiger partial charge in [0.05, 0.1) is 12.8 Å². The Labute approximate surface area is 181 Å². The number of nitrogens with zero attached hydrogens (tertiary/aromatic N) is 5. The largest absolute Gasteiger partial charge is 0.490 e. The summed E-state index contributed by atoms with van der Waals surface area (Å²) in [7, 11) is 0. The Morgan fingerprint density at radius 2 is 1.74 bits per heavy atom. The number of rotatable bonds is 7. The van der Waals surface area contributed by atoms with Gasteiger partial charge in [-0.05, 0) is 42.8 Å². The molecule has 0 aliphatic carbocycles. The van der Waals surface area contributed by atoms with Crippen LogP contribution in [0.25, 0.3) is 0 Å². The number of ether oxygens (including phenoxy) is 2. The third-order valence-electron chi connectivity index (χ3n) is 5.07. The molecule has 2 aromatic heterocycles. The molecule has 160 valence electrons. The van der Waals surface area contributed by atoms with Gasteiger partial charge in [0.1, 0.15) is 12.4 Å². The highest BCUT2D eigenvalue weighted by Gasteiger charge is 2.24. The summed E-state index contributed by atoms with van der Waals surface area (Å²) >= 11 is 0. The van der Waals surface area contributed by atoms with E-state index in [4.69, 9.17) is 9.47 Å². The molecule has 0 spiro atoms. The Hall–Kier alpha value is -3.68. The molecule has 0 atom stereocenters. The molecule has 0 saturated carbocycles. The molecule has 1 fully saturated rings. The van der Waals surface area contributed by atoms with E-state index in [0.717, 1.165) is 24.5 Å². The van der Waals surface area contributed by atoms with Crippen LogP contribution in [-0.2, 0) is 6.61 Å². The number of carbonyl (C=O) groups is 1. The minimum Gasteiger partial charge on any atom is -0.490 e. The van der Waals surface area contributed by atoms with E-state index in [9.17, 15) is 4.79 Å². The van der Waals surface area contributed by atoms with Crippen LogP contribution in [0.4, 0.5) is 5.82 Å².